The van der Waals surface area contributed by atoms with Gasteiger partial charge in [0.05, 0.1) is 13.2 Å². The van der Waals surface area contributed by atoms with E-state index in [0.717, 1.165) is 24.8 Å². The van der Waals surface area contributed by atoms with Crippen LogP contribution in [0.4, 0.5) is 4.79 Å². The van der Waals surface area contributed by atoms with Gasteiger partial charge in [0, 0.05) is 19.4 Å². The summed E-state index contributed by atoms with van der Waals surface area (Å²) in [7, 11) is 1.29. The highest BCUT2D eigenvalue weighted by Gasteiger charge is 2.49. The van der Waals surface area contributed by atoms with Crippen LogP contribution in [0.25, 0.3) is 0 Å². The number of aliphatic hydroxyl groups excluding tert-OH is 1. The fourth-order valence-corrected chi connectivity index (χ4v) is 5.15. The molecule has 3 amide bonds. The van der Waals surface area contributed by atoms with E-state index in [0.29, 0.717) is 32.1 Å². The van der Waals surface area contributed by atoms with Gasteiger partial charge in [-0.05, 0) is 52.9 Å². The highest BCUT2D eigenvalue weighted by atomic mass is 16.6. The van der Waals surface area contributed by atoms with Gasteiger partial charge in [-0.3, -0.25) is 9.59 Å². The minimum Gasteiger partial charge on any atom is -0.467 e. The first kappa shape index (κ1) is 27.0. The summed E-state index contributed by atoms with van der Waals surface area (Å²) < 4.78 is 10.4. The van der Waals surface area contributed by atoms with Crippen LogP contribution in [-0.4, -0.2) is 76.9 Å². The highest BCUT2D eigenvalue weighted by Crippen LogP contribution is 2.36. The minimum absolute atomic E-state index is 0.0280. The van der Waals surface area contributed by atoms with Gasteiger partial charge in [0.1, 0.15) is 23.2 Å². The maximum absolute atomic E-state index is 13.5. The van der Waals surface area contributed by atoms with Crippen LogP contribution in [0.1, 0.15) is 78.6 Å². The van der Waals surface area contributed by atoms with E-state index < -0.39 is 53.2 Å². The topological polar surface area (TPSA) is 134 Å². The van der Waals surface area contributed by atoms with Crippen LogP contribution in [0.3, 0.4) is 0 Å². The summed E-state index contributed by atoms with van der Waals surface area (Å²) in [5.41, 5.74) is -0.808. The quantitative estimate of drug-likeness (QED) is 0.395. The summed E-state index contributed by atoms with van der Waals surface area (Å²) in [6.07, 6.45) is 5.75. The standard InChI is InChI=1S/C25H39N3O7/c1-24(2,3)35-23(33)26-18-10-8-6-5-7-9-16-11-12-25(14-16,22(32)34-4)27-20(30)19-13-17(29)15-28(19)21(18)31/h9,17-19,29H,5-8,10-15H2,1-4H3,(H,26,33)(H,27,30)/b16-9-/t17-,18-,19-,25+/m0/s1. The predicted molar refractivity (Wildman–Crippen MR) is 127 cm³/mol. The zero-order valence-corrected chi connectivity index (χ0v) is 21.2. The number of hydrogen-bond donors (Lipinski definition) is 3. The molecule has 1 aliphatic carbocycles. The van der Waals surface area contributed by atoms with Gasteiger partial charge in [-0.15, -0.1) is 0 Å². The Morgan fingerprint density at radius 1 is 1.23 bits per heavy atom. The van der Waals surface area contributed by atoms with Crippen LogP contribution in [0.5, 0.6) is 0 Å². The Balaban J connectivity index is 1.88. The molecule has 1 saturated carbocycles. The average Bonchev–Trinajstić information content (AvgIpc) is 3.36. The number of carbonyl (C=O) groups is 4. The van der Waals surface area contributed by atoms with Crippen molar-refractivity contribution in [3.8, 4) is 0 Å². The Kier molecular flexibility index (Phi) is 8.46. The van der Waals surface area contributed by atoms with Gasteiger partial charge in [0.15, 0.2) is 0 Å². The molecule has 3 rings (SSSR count). The van der Waals surface area contributed by atoms with Crippen molar-refractivity contribution in [3.05, 3.63) is 11.6 Å². The Hall–Kier alpha value is -2.62. The molecule has 0 spiro atoms. The molecule has 2 heterocycles. The fourth-order valence-electron chi connectivity index (χ4n) is 5.15. The van der Waals surface area contributed by atoms with Gasteiger partial charge in [0.2, 0.25) is 11.8 Å². The van der Waals surface area contributed by atoms with Crippen molar-refractivity contribution in [1.82, 2.24) is 15.5 Å². The van der Waals surface area contributed by atoms with Crippen molar-refractivity contribution in [3.63, 3.8) is 0 Å². The number of amides is 3. The van der Waals surface area contributed by atoms with E-state index >= 15 is 0 Å². The van der Waals surface area contributed by atoms with E-state index in [1.807, 2.05) is 0 Å². The summed E-state index contributed by atoms with van der Waals surface area (Å²) in [6.45, 7) is 5.18. The Labute approximate surface area is 206 Å². The second kappa shape index (κ2) is 11.0. The maximum atomic E-state index is 13.5. The molecule has 0 radical (unpaired) electrons. The molecule has 2 bridgehead atoms. The van der Waals surface area contributed by atoms with Gasteiger partial charge in [-0.2, -0.15) is 0 Å². The second-order valence-corrected chi connectivity index (χ2v) is 10.8. The van der Waals surface area contributed by atoms with Gasteiger partial charge in [-0.25, -0.2) is 9.59 Å². The summed E-state index contributed by atoms with van der Waals surface area (Å²) in [6, 6.07) is -1.85. The monoisotopic (exact) mass is 493 g/mol. The lowest BCUT2D eigenvalue weighted by atomic mass is 9.96. The molecule has 10 heteroatoms. The first-order chi connectivity index (χ1) is 16.4. The number of rotatable bonds is 2. The summed E-state index contributed by atoms with van der Waals surface area (Å²) >= 11 is 0. The van der Waals surface area contributed by atoms with Crippen molar-refractivity contribution in [2.45, 2.75) is 108 Å². The molecule has 0 unspecified atom stereocenters. The number of esters is 1. The number of carbonyl (C=O) groups excluding carboxylic acids is 4. The van der Waals surface area contributed by atoms with Crippen molar-refractivity contribution in [1.29, 1.82) is 0 Å². The van der Waals surface area contributed by atoms with E-state index in [1.165, 1.54) is 12.0 Å². The number of nitrogens with one attached hydrogen (secondary N) is 2. The average molecular weight is 494 g/mol. The van der Waals surface area contributed by atoms with Crippen molar-refractivity contribution in [2.24, 2.45) is 0 Å². The van der Waals surface area contributed by atoms with Crippen molar-refractivity contribution >= 4 is 23.9 Å². The number of allylic oxidation sites excluding steroid dienone is 1. The molecule has 4 atom stereocenters. The molecule has 35 heavy (non-hydrogen) atoms. The number of hydrogen-bond acceptors (Lipinski definition) is 7. The van der Waals surface area contributed by atoms with Gasteiger partial charge in [-0.1, -0.05) is 24.5 Å². The molecular formula is C25H39N3O7. The number of nitrogens with zero attached hydrogens (tertiary/aromatic N) is 1. The molecule has 0 aromatic carbocycles. The van der Waals surface area contributed by atoms with Gasteiger partial charge in [0.25, 0.3) is 0 Å². The molecular weight excluding hydrogens is 454 g/mol. The first-order valence-electron chi connectivity index (χ1n) is 12.5. The fraction of sp³-hybridized carbons (Fsp3) is 0.760. The van der Waals surface area contributed by atoms with Gasteiger partial charge >= 0.3 is 12.1 Å². The molecule has 1 saturated heterocycles. The lowest BCUT2D eigenvalue weighted by molar-refractivity contribution is -0.151. The van der Waals surface area contributed by atoms with Crippen molar-refractivity contribution in [2.75, 3.05) is 13.7 Å². The molecule has 196 valence electrons. The summed E-state index contributed by atoms with van der Waals surface area (Å²) in [5.74, 6) is -1.47. The van der Waals surface area contributed by atoms with Crippen LogP contribution < -0.4 is 10.6 Å². The van der Waals surface area contributed by atoms with E-state index in [2.05, 4.69) is 16.7 Å². The lowest BCUT2D eigenvalue weighted by Crippen LogP contribution is -2.59. The van der Waals surface area contributed by atoms with E-state index in [9.17, 15) is 24.3 Å². The normalized spacial score (nSPS) is 31.9. The SMILES string of the molecule is COC(=O)[C@]12CC/C(=C/CCCCC[C@H](NC(=O)OC(C)(C)C)C(=O)N3C[C@@H](O)C[C@H]3C(=O)N1)C2. The third-order valence-corrected chi connectivity index (χ3v) is 6.82. The number of methoxy groups -OCH3 is 1. The van der Waals surface area contributed by atoms with E-state index in [1.54, 1.807) is 20.8 Å². The third-order valence-electron chi connectivity index (χ3n) is 6.82. The molecule has 10 nitrogen and oxygen atoms in total. The Morgan fingerprint density at radius 2 is 1.97 bits per heavy atom. The molecule has 0 aromatic heterocycles. The molecule has 3 aliphatic rings. The molecule has 2 aliphatic heterocycles. The maximum Gasteiger partial charge on any atom is 0.408 e. The third kappa shape index (κ3) is 6.74. The predicted octanol–water partition coefficient (Wildman–Crippen LogP) is 1.94. The Bertz CT molecular complexity index is 866. The number of aliphatic hydroxyl groups is 1. The molecule has 3 N–H and O–H groups in total. The zero-order chi connectivity index (χ0) is 25.8. The smallest absolute Gasteiger partial charge is 0.408 e. The number of ether oxygens (including phenoxy) is 2. The Morgan fingerprint density at radius 3 is 2.66 bits per heavy atom. The number of fused-ring (bicyclic) bond motifs is 3. The van der Waals surface area contributed by atoms with Gasteiger partial charge < -0.3 is 30.1 Å². The van der Waals surface area contributed by atoms with Crippen LogP contribution in [0.15, 0.2) is 11.6 Å². The van der Waals surface area contributed by atoms with Crippen LogP contribution >= 0.6 is 0 Å². The highest BCUT2D eigenvalue weighted by molar-refractivity contribution is 5.95. The van der Waals surface area contributed by atoms with Crippen LogP contribution in [0.2, 0.25) is 0 Å². The lowest BCUT2D eigenvalue weighted by Gasteiger charge is -2.32. The summed E-state index contributed by atoms with van der Waals surface area (Å²) in [4.78, 5) is 53.5. The second-order valence-electron chi connectivity index (χ2n) is 10.8. The minimum atomic E-state index is -1.19. The number of alkyl carbamates (subject to hydrolysis) is 1. The van der Waals surface area contributed by atoms with Crippen LogP contribution in [-0.2, 0) is 23.9 Å². The molecule has 2 fully saturated rings. The molecule has 0 aromatic rings. The van der Waals surface area contributed by atoms with Crippen LogP contribution in [0, 0.1) is 0 Å². The first-order valence-corrected chi connectivity index (χ1v) is 12.5. The van der Waals surface area contributed by atoms with E-state index in [-0.39, 0.29) is 13.0 Å². The van der Waals surface area contributed by atoms with Crippen molar-refractivity contribution < 1.29 is 33.8 Å². The summed E-state index contributed by atoms with van der Waals surface area (Å²) in [5, 5.41) is 15.9. The van der Waals surface area contributed by atoms with E-state index in [4.69, 9.17) is 9.47 Å². The largest absolute Gasteiger partial charge is 0.467 e. The zero-order valence-electron chi connectivity index (χ0n) is 21.2.